The second-order valence-corrected chi connectivity index (χ2v) is 4.59. The summed E-state index contributed by atoms with van der Waals surface area (Å²) < 4.78 is 0. The van der Waals surface area contributed by atoms with Crippen LogP contribution >= 0.6 is 0 Å². The van der Waals surface area contributed by atoms with Gasteiger partial charge in [-0.15, -0.1) is 0 Å². The Hall–Kier alpha value is -1.69. The van der Waals surface area contributed by atoms with Gasteiger partial charge in [-0.05, 0) is 25.8 Å². The molecule has 1 heterocycles. The zero-order chi connectivity index (χ0) is 12.5. The summed E-state index contributed by atoms with van der Waals surface area (Å²) in [5.74, 6) is 0.287. The summed E-state index contributed by atoms with van der Waals surface area (Å²) in [6, 6.07) is 3.06. The van der Waals surface area contributed by atoms with Crippen molar-refractivity contribution in [3.63, 3.8) is 0 Å². The van der Waals surface area contributed by atoms with Crippen molar-refractivity contribution in [2.75, 3.05) is 18.5 Å². The summed E-state index contributed by atoms with van der Waals surface area (Å²) in [5, 5.41) is 23.0. The van der Waals surface area contributed by atoms with Gasteiger partial charge in [-0.3, -0.25) is 10.1 Å². The van der Waals surface area contributed by atoms with E-state index >= 15 is 0 Å². The van der Waals surface area contributed by atoms with Gasteiger partial charge < -0.3 is 10.4 Å². The molecule has 0 aromatic carbocycles. The van der Waals surface area contributed by atoms with Crippen LogP contribution in [-0.2, 0) is 0 Å². The van der Waals surface area contributed by atoms with Gasteiger partial charge in [-0.25, -0.2) is 4.98 Å². The standard InChI is InChI=1S/C11H15N3O3/c1-8-2-3-9(14(16)17)10(13-8)12-6-11(7-15)4-5-11/h2-3,15H,4-7H2,1H3,(H,12,13). The first-order valence-electron chi connectivity index (χ1n) is 5.53. The van der Waals surface area contributed by atoms with Gasteiger partial charge >= 0.3 is 5.69 Å². The maximum atomic E-state index is 10.8. The zero-order valence-electron chi connectivity index (χ0n) is 9.64. The van der Waals surface area contributed by atoms with Crippen LogP contribution in [0, 0.1) is 22.5 Å². The Kier molecular flexibility index (Phi) is 2.97. The first-order chi connectivity index (χ1) is 8.06. The van der Waals surface area contributed by atoms with Gasteiger partial charge in [-0.1, -0.05) is 0 Å². The smallest absolute Gasteiger partial charge is 0.311 e. The van der Waals surface area contributed by atoms with E-state index in [1.54, 1.807) is 13.0 Å². The molecule has 1 saturated carbocycles. The van der Waals surface area contributed by atoms with Crippen LogP contribution in [0.15, 0.2) is 12.1 Å². The molecule has 1 aromatic rings. The molecule has 0 saturated heterocycles. The number of nitrogens with zero attached hydrogens (tertiary/aromatic N) is 2. The summed E-state index contributed by atoms with van der Waals surface area (Å²) >= 11 is 0. The third-order valence-corrected chi connectivity index (χ3v) is 3.13. The second kappa shape index (κ2) is 4.29. The molecule has 6 heteroatoms. The topological polar surface area (TPSA) is 88.3 Å². The van der Waals surface area contributed by atoms with Crippen LogP contribution < -0.4 is 5.32 Å². The van der Waals surface area contributed by atoms with E-state index in [1.165, 1.54) is 6.07 Å². The van der Waals surface area contributed by atoms with Gasteiger partial charge in [0.25, 0.3) is 0 Å². The molecule has 0 spiro atoms. The van der Waals surface area contributed by atoms with Crippen molar-refractivity contribution in [1.29, 1.82) is 0 Å². The molecule has 1 aliphatic rings. The number of pyridine rings is 1. The molecule has 0 bridgehead atoms. The minimum Gasteiger partial charge on any atom is -0.396 e. The number of nitro groups is 1. The lowest BCUT2D eigenvalue weighted by Gasteiger charge is -2.13. The molecule has 0 amide bonds. The van der Waals surface area contributed by atoms with Gasteiger partial charge in [0, 0.05) is 23.7 Å². The molecule has 1 aromatic heterocycles. The molecule has 0 aliphatic heterocycles. The molecular weight excluding hydrogens is 222 g/mol. The van der Waals surface area contributed by atoms with Crippen molar-refractivity contribution in [3.05, 3.63) is 27.9 Å². The van der Waals surface area contributed by atoms with Crippen LogP contribution in [0.5, 0.6) is 0 Å². The highest BCUT2D eigenvalue weighted by molar-refractivity contribution is 5.56. The molecule has 17 heavy (non-hydrogen) atoms. The third-order valence-electron chi connectivity index (χ3n) is 3.13. The quantitative estimate of drug-likeness (QED) is 0.598. The average Bonchev–Trinajstić information content (AvgIpc) is 3.07. The number of anilines is 1. The highest BCUT2D eigenvalue weighted by atomic mass is 16.6. The average molecular weight is 237 g/mol. The number of hydrogen-bond donors (Lipinski definition) is 2. The van der Waals surface area contributed by atoms with Crippen molar-refractivity contribution in [1.82, 2.24) is 4.98 Å². The summed E-state index contributed by atoms with van der Waals surface area (Å²) in [4.78, 5) is 14.5. The van der Waals surface area contributed by atoms with E-state index in [2.05, 4.69) is 10.3 Å². The lowest BCUT2D eigenvalue weighted by Crippen LogP contribution is -2.20. The number of aryl methyl sites for hydroxylation is 1. The van der Waals surface area contributed by atoms with E-state index in [-0.39, 0.29) is 23.5 Å². The number of nitrogens with one attached hydrogen (secondary N) is 1. The van der Waals surface area contributed by atoms with Crippen molar-refractivity contribution < 1.29 is 10.0 Å². The number of aliphatic hydroxyl groups excluding tert-OH is 1. The van der Waals surface area contributed by atoms with Gasteiger partial charge in [0.15, 0.2) is 0 Å². The molecule has 1 aliphatic carbocycles. The Bertz CT molecular complexity index is 444. The molecule has 6 nitrogen and oxygen atoms in total. The molecule has 92 valence electrons. The molecule has 0 unspecified atom stereocenters. The first-order valence-corrected chi connectivity index (χ1v) is 5.53. The second-order valence-electron chi connectivity index (χ2n) is 4.59. The highest BCUT2D eigenvalue weighted by Crippen LogP contribution is 2.45. The Balaban J connectivity index is 2.13. The normalized spacial score (nSPS) is 16.6. The van der Waals surface area contributed by atoms with E-state index in [9.17, 15) is 15.2 Å². The Morgan fingerprint density at radius 2 is 2.29 bits per heavy atom. The summed E-state index contributed by atoms with van der Waals surface area (Å²) in [6.45, 7) is 2.42. The summed E-state index contributed by atoms with van der Waals surface area (Å²) in [7, 11) is 0. The van der Waals surface area contributed by atoms with Crippen molar-refractivity contribution in [2.45, 2.75) is 19.8 Å². The largest absolute Gasteiger partial charge is 0.396 e. The molecule has 0 atom stereocenters. The third kappa shape index (κ3) is 2.52. The fraction of sp³-hybridized carbons (Fsp3) is 0.545. The van der Waals surface area contributed by atoms with Crippen LogP contribution in [0.2, 0.25) is 0 Å². The van der Waals surface area contributed by atoms with Crippen LogP contribution in [0.3, 0.4) is 0 Å². The van der Waals surface area contributed by atoms with Gasteiger partial charge in [-0.2, -0.15) is 0 Å². The fourth-order valence-corrected chi connectivity index (χ4v) is 1.67. The lowest BCUT2D eigenvalue weighted by molar-refractivity contribution is -0.384. The molecule has 2 rings (SSSR count). The monoisotopic (exact) mass is 237 g/mol. The fourth-order valence-electron chi connectivity index (χ4n) is 1.67. The van der Waals surface area contributed by atoms with Gasteiger partial charge in [0.05, 0.1) is 11.5 Å². The predicted molar refractivity (Wildman–Crippen MR) is 62.9 cm³/mol. The van der Waals surface area contributed by atoms with Gasteiger partial charge in [0.2, 0.25) is 5.82 Å². The molecule has 1 fully saturated rings. The Morgan fingerprint density at radius 3 is 2.82 bits per heavy atom. The zero-order valence-corrected chi connectivity index (χ0v) is 9.64. The molecular formula is C11H15N3O3. The van der Waals surface area contributed by atoms with E-state index < -0.39 is 4.92 Å². The number of rotatable bonds is 5. The predicted octanol–water partition coefficient (Wildman–Crippen LogP) is 1.48. The first kappa shape index (κ1) is 11.8. The van der Waals surface area contributed by atoms with E-state index in [0.29, 0.717) is 6.54 Å². The van der Waals surface area contributed by atoms with Crippen molar-refractivity contribution in [2.24, 2.45) is 5.41 Å². The highest BCUT2D eigenvalue weighted by Gasteiger charge is 2.42. The SMILES string of the molecule is Cc1ccc([N+](=O)[O-])c(NCC2(CO)CC2)n1. The summed E-state index contributed by atoms with van der Waals surface area (Å²) in [5.41, 5.74) is 0.607. The lowest BCUT2D eigenvalue weighted by atomic mass is 10.1. The van der Waals surface area contributed by atoms with Crippen molar-refractivity contribution >= 4 is 11.5 Å². The molecule has 0 radical (unpaired) electrons. The van der Waals surface area contributed by atoms with E-state index in [1.807, 2.05) is 0 Å². The maximum absolute atomic E-state index is 10.8. The van der Waals surface area contributed by atoms with E-state index in [0.717, 1.165) is 18.5 Å². The summed E-state index contributed by atoms with van der Waals surface area (Å²) in [6.07, 6.45) is 1.91. The minimum absolute atomic E-state index is 0.0238. The number of aliphatic hydroxyl groups is 1. The van der Waals surface area contributed by atoms with Gasteiger partial charge in [0.1, 0.15) is 0 Å². The minimum atomic E-state index is -0.451. The number of aromatic nitrogens is 1. The Labute approximate surface area is 98.8 Å². The van der Waals surface area contributed by atoms with E-state index in [4.69, 9.17) is 0 Å². The van der Waals surface area contributed by atoms with Crippen LogP contribution in [0.1, 0.15) is 18.5 Å². The number of hydrogen-bond acceptors (Lipinski definition) is 5. The van der Waals surface area contributed by atoms with Crippen LogP contribution in [-0.4, -0.2) is 28.2 Å². The maximum Gasteiger partial charge on any atom is 0.311 e. The van der Waals surface area contributed by atoms with Crippen LogP contribution in [0.25, 0.3) is 0 Å². The molecule has 2 N–H and O–H groups in total. The van der Waals surface area contributed by atoms with Crippen LogP contribution in [0.4, 0.5) is 11.5 Å². The Morgan fingerprint density at radius 1 is 1.59 bits per heavy atom. The van der Waals surface area contributed by atoms with Crippen molar-refractivity contribution in [3.8, 4) is 0 Å².